The second-order valence-corrected chi connectivity index (χ2v) is 8.67. The number of nitrogens with zero attached hydrogens (tertiary/aromatic N) is 3. The molecule has 7 heteroatoms. The van der Waals surface area contributed by atoms with Crippen LogP contribution in [0.2, 0.25) is 0 Å². The van der Waals surface area contributed by atoms with Crippen LogP contribution in [0.3, 0.4) is 0 Å². The van der Waals surface area contributed by atoms with Gasteiger partial charge in [-0.2, -0.15) is 11.8 Å². The van der Waals surface area contributed by atoms with Gasteiger partial charge in [0.05, 0.1) is 19.1 Å². The van der Waals surface area contributed by atoms with E-state index in [2.05, 4.69) is 46.3 Å². The van der Waals surface area contributed by atoms with E-state index >= 15 is 0 Å². The zero-order valence-electron chi connectivity index (χ0n) is 17.7. The summed E-state index contributed by atoms with van der Waals surface area (Å²) in [6, 6.07) is 8.82. The van der Waals surface area contributed by atoms with E-state index < -0.39 is 0 Å². The number of esters is 1. The second kappa shape index (κ2) is 11.3. The van der Waals surface area contributed by atoms with E-state index in [-0.39, 0.29) is 11.9 Å². The highest BCUT2D eigenvalue weighted by molar-refractivity contribution is 7.99. The Kier molecular flexibility index (Phi) is 8.52. The number of guanidine groups is 1. The number of hydrogen-bond acceptors (Lipinski definition) is 5. The van der Waals surface area contributed by atoms with Crippen LogP contribution in [0.1, 0.15) is 32.3 Å². The van der Waals surface area contributed by atoms with Gasteiger partial charge in [0.2, 0.25) is 0 Å². The fourth-order valence-electron chi connectivity index (χ4n) is 3.81. The van der Waals surface area contributed by atoms with E-state index in [0.29, 0.717) is 13.2 Å². The number of carbonyl (C=O) groups is 1. The molecule has 2 saturated heterocycles. The van der Waals surface area contributed by atoms with Crippen LogP contribution in [0.5, 0.6) is 0 Å². The minimum atomic E-state index is -0.0542. The summed E-state index contributed by atoms with van der Waals surface area (Å²) in [7, 11) is 0. The molecule has 0 atom stereocenters. The summed E-state index contributed by atoms with van der Waals surface area (Å²) < 4.78 is 5.18. The van der Waals surface area contributed by atoms with Crippen molar-refractivity contribution in [3.05, 3.63) is 29.8 Å². The second-order valence-electron chi connectivity index (χ2n) is 7.45. The molecule has 0 aliphatic carbocycles. The first-order chi connectivity index (χ1) is 14.2. The number of likely N-dealkylation sites (tertiary alicyclic amines) is 1. The van der Waals surface area contributed by atoms with Crippen molar-refractivity contribution in [2.24, 2.45) is 10.9 Å². The smallest absolute Gasteiger partial charge is 0.309 e. The Hall–Kier alpha value is -1.89. The SMILES string of the molecule is CCNC(=NCc1ccc(N2CCSCC2)cc1)N1CCC(C(=O)OCC)CC1. The molecule has 2 fully saturated rings. The highest BCUT2D eigenvalue weighted by atomic mass is 32.2. The van der Waals surface area contributed by atoms with Crippen LogP contribution in [-0.4, -0.2) is 67.7 Å². The van der Waals surface area contributed by atoms with Gasteiger partial charge in [-0.1, -0.05) is 12.1 Å². The van der Waals surface area contributed by atoms with E-state index in [1.54, 1.807) is 0 Å². The highest BCUT2D eigenvalue weighted by Crippen LogP contribution is 2.21. The van der Waals surface area contributed by atoms with Crippen molar-refractivity contribution >= 4 is 29.4 Å². The molecule has 3 rings (SSSR count). The molecule has 2 heterocycles. The lowest BCUT2D eigenvalue weighted by molar-refractivity contribution is -0.149. The quantitative estimate of drug-likeness (QED) is 0.435. The fraction of sp³-hybridized carbons (Fsp3) is 0.636. The van der Waals surface area contributed by atoms with Crippen LogP contribution in [0.4, 0.5) is 5.69 Å². The molecule has 2 aliphatic heterocycles. The molecule has 0 saturated carbocycles. The highest BCUT2D eigenvalue weighted by Gasteiger charge is 2.27. The standard InChI is InChI=1S/C22H34N4O2S/c1-3-23-22(26-11-9-19(10-12-26)21(27)28-4-2)24-17-18-5-7-20(8-6-18)25-13-15-29-16-14-25/h5-8,19H,3-4,9-17H2,1-2H3,(H,23,24). The summed E-state index contributed by atoms with van der Waals surface area (Å²) in [5, 5.41) is 3.40. The molecule has 160 valence electrons. The molecule has 0 unspecified atom stereocenters. The number of nitrogens with one attached hydrogen (secondary N) is 1. The Labute approximate surface area is 179 Å². The summed E-state index contributed by atoms with van der Waals surface area (Å²) in [5.74, 6) is 3.33. The van der Waals surface area contributed by atoms with Crippen LogP contribution in [0.25, 0.3) is 0 Å². The first kappa shape index (κ1) is 21.8. The Balaban J connectivity index is 1.56. The van der Waals surface area contributed by atoms with Crippen molar-refractivity contribution < 1.29 is 9.53 Å². The predicted molar refractivity (Wildman–Crippen MR) is 122 cm³/mol. The van der Waals surface area contributed by atoms with Crippen LogP contribution in [-0.2, 0) is 16.1 Å². The molecule has 2 aliphatic rings. The molecule has 0 amide bonds. The molecule has 1 N–H and O–H groups in total. The number of ether oxygens (including phenoxy) is 1. The molecule has 1 aromatic rings. The third kappa shape index (κ3) is 6.29. The molecular formula is C22H34N4O2S. The molecule has 6 nitrogen and oxygen atoms in total. The summed E-state index contributed by atoms with van der Waals surface area (Å²) in [6.07, 6.45) is 1.65. The average Bonchev–Trinajstić information content (AvgIpc) is 2.78. The van der Waals surface area contributed by atoms with Gasteiger partial charge in [-0.05, 0) is 44.4 Å². The maximum atomic E-state index is 12.0. The van der Waals surface area contributed by atoms with E-state index in [0.717, 1.165) is 51.5 Å². The van der Waals surface area contributed by atoms with Crippen LogP contribution < -0.4 is 10.2 Å². The largest absolute Gasteiger partial charge is 0.466 e. The van der Waals surface area contributed by atoms with Crippen LogP contribution >= 0.6 is 11.8 Å². The Morgan fingerprint density at radius 3 is 2.45 bits per heavy atom. The minimum Gasteiger partial charge on any atom is -0.466 e. The molecule has 1 aromatic carbocycles. The summed E-state index contributed by atoms with van der Waals surface area (Å²) in [5.41, 5.74) is 2.53. The normalized spacial score (nSPS) is 18.6. The topological polar surface area (TPSA) is 57.2 Å². The Morgan fingerprint density at radius 1 is 1.14 bits per heavy atom. The average molecular weight is 419 g/mol. The summed E-state index contributed by atoms with van der Waals surface area (Å²) in [4.78, 5) is 21.5. The van der Waals surface area contributed by atoms with Crippen molar-refractivity contribution in [1.82, 2.24) is 10.2 Å². The minimum absolute atomic E-state index is 0.0230. The molecular weight excluding hydrogens is 384 g/mol. The molecule has 0 spiro atoms. The lowest BCUT2D eigenvalue weighted by Crippen LogP contribution is -2.46. The van der Waals surface area contributed by atoms with Gasteiger partial charge >= 0.3 is 5.97 Å². The first-order valence-corrected chi connectivity index (χ1v) is 12.0. The number of carbonyl (C=O) groups excluding carboxylic acids is 1. The van der Waals surface area contributed by atoms with E-state index in [4.69, 9.17) is 9.73 Å². The number of benzene rings is 1. The van der Waals surface area contributed by atoms with Gasteiger partial charge in [0.15, 0.2) is 5.96 Å². The van der Waals surface area contributed by atoms with Gasteiger partial charge in [-0.3, -0.25) is 4.79 Å². The molecule has 0 aromatic heterocycles. The number of rotatable bonds is 6. The lowest BCUT2D eigenvalue weighted by Gasteiger charge is -2.33. The summed E-state index contributed by atoms with van der Waals surface area (Å²) in [6.45, 7) is 9.84. The summed E-state index contributed by atoms with van der Waals surface area (Å²) >= 11 is 2.03. The van der Waals surface area contributed by atoms with Gasteiger partial charge in [0.25, 0.3) is 0 Å². The van der Waals surface area contributed by atoms with Gasteiger partial charge in [0.1, 0.15) is 0 Å². The molecule has 0 bridgehead atoms. The zero-order chi connectivity index (χ0) is 20.5. The Bertz CT molecular complexity index is 666. The van der Waals surface area contributed by atoms with Crippen LogP contribution in [0.15, 0.2) is 29.3 Å². The van der Waals surface area contributed by atoms with Crippen molar-refractivity contribution in [2.75, 3.05) is 55.7 Å². The van der Waals surface area contributed by atoms with Gasteiger partial charge < -0.3 is 19.9 Å². The Morgan fingerprint density at radius 2 is 1.83 bits per heavy atom. The third-order valence-electron chi connectivity index (χ3n) is 5.47. The van der Waals surface area contributed by atoms with E-state index in [1.165, 1.54) is 22.8 Å². The molecule has 29 heavy (non-hydrogen) atoms. The van der Waals surface area contributed by atoms with Gasteiger partial charge in [-0.15, -0.1) is 0 Å². The third-order valence-corrected chi connectivity index (χ3v) is 6.42. The van der Waals surface area contributed by atoms with Crippen LogP contribution in [0, 0.1) is 5.92 Å². The van der Waals surface area contributed by atoms with Crippen molar-refractivity contribution in [3.8, 4) is 0 Å². The molecule has 0 radical (unpaired) electrons. The number of anilines is 1. The van der Waals surface area contributed by atoms with Crippen molar-refractivity contribution in [3.63, 3.8) is 0 Å². The fourth-order valence-corrected chi connectivity index (χ4v) is 4.72. The van der Waals surface area contributed by atoms with Crippen molar-refractivity contribution in [2.45, 2.75) is 33.2 Å². The van der Waals surface area contributed by atoms with E-state index in [9.17, 15) is 4.79 Å². The monoisotopic (exact) mass is 418 g/mol. The number of thioether (sulfide) groups is 1. The predicted octanol–water partition coefficient (Wildman–Crippen LogP) is 2.98. The lowest BCUT2D eigenvalue weighted by atomic mass is 9.97. The maximum Gasteiger partial charge on any atom is 0.309 e. The van der Waals surface area contributed by atoms with E-state index in [1.807, 2.05) is 18.7 Å². The first-order valence-electron chi connectivity index (χ1n) is 10.8. The number of piperidine rings is 1. The van der Waals surface area contributed by atoms with Gasteiger partial charge in [-0.25, -0.2) is 4.99 Å². The zero-order valence-corrected chi connectivity index (χ0v) is 18.5. The number of hydrogen-bond donors (Lipinski definition) is 1. The van der Waals surface area contributed by atoms with Crippen molar-refractivity contribution in [1.29, 1.82) is 0 Å². The number of aliphatic imine (C=N–C) groups is 1. The van der Waals surface area contributed by atoms with Gasteiger partial charge in [0, 0.05) is 49.9 Å². The maximum absolute atomic E-state index is 12.0.